The topological polar surface area (TPSA) is 30.2 Å². The van der Waals surface area contributed by atoms with Crippen molar-refractivity contribution in [3.05, 3.63) is 29.8 Å². The molecule has 11 heavy (non-hydrogen) atoms. The first-order valence-corrected chi connectivity index (χ1v) is 3.54. The van der Waals surface area contributed by atoms with E-state index in [1.165, 1.54) is 5.56 Å². The Bertz CT molecular complexity index is 389. The summed E-state index contributed by atoms with van der Waals surface area (Å²) in [7, 11) is 0. The second-order valence-corrected chi connectivity index (χ2v) is 2.64. The predicted octanol–water partition coefficient (Wildman–Crippen LogP) is 1.35. The summed E-state index contributed by atoms with van der Waals surface area (Å²) in [6.07, 6.45) is 3.52. The molecule has 0 fully saturated rings. The number of nitrogens with zero attached hydrogens (tertiary/aromatic N) is 3. The van der Waals surface area contributed by atoms with E-state index in [9.17, 15) is 0 Å². The summed E-state index contributed by atoms with van der Waals surface area (Å²) in [5.74, 6) is 0. The number of hydrogen-bond donors (Lipinski definition) is 0. The van der Waals surface area contributed by atoms with Gasteiger partial charge in [-0.2, -0.15) is 5.10 Å². The van der Waals surface area contributed by atoms with Crippen LogP contribution in [-0.2, 0) is 0 Å². The summed E-state index contributed by atoms with van der Waals surface area (Å²) in [5.41, 5.74) is 3.37. The monoisotopic (exact) mass is 147 g/mol. The highest BCUT2D eigenvalue weighted by Gasteiger charge is 2.01. The molecule has 0 atom stereocenters. The maximum absolute atomic E-state index is 4.16. The van der Waals surface area contributed by atoms with Crippen LogP contribution in [0.1, 0.15) is 11.3 Å². The van der Waals surface area contributed by atoms with Crippen LogP contribution in [-0.4, -0.2) is 14.6 Å². The number of aromatic nitrogens is 3. The molecule has 0 unspecified atom stereocenters. The first-order valence-electron chi connectivity index (χ1n) is 3.54. The molecule has 0 radical (unpaired) electrons. The minimum Gasteiger partial charge on any atom is -0.239 e. The van der Waals surface area contributed by atoms with E-state index in [0.717, 1.165) is 11.2 Å². The van der Waals surface area contributed by atoms with Gasteiger partial charge in [-0.1, -0.05) is 0 Å². The number of fused-ring (bicyclic) bond motifs is 1. The van der Waals surface area contributed by atoms with Gasteiger partial charge in [0.15, 0.2) is 0 Å². The SMILES string of the molecule is Cc1ccnn2cnc(C)c12. The van der Waals surface area contributed by atoms with Gasteiger partial charge in [0.2, 0.25) is 0 Å². The smallest absolute Gasteiger partial charge is 0.118 e. The van der Waals surface area contributed by atoms with Crippen molar-refractivity contribution in [1.82, 2.24) is 14.6 Å². The fraction of sp³-hybridized carbons (Fsp3) is 0.250. The highest BCUT2D eigenvalue weighted by atomic mass is 15.2. The van der Waals surface area contributed by atoms with Crippen LogP contribution in [0.5, 0.6) is 0 Å². The zero-order chi connectivity index (χ0) is 7.84. The maximum atomic E-state index is 4.16. The Morgan fingerprint density at radius 2 is 2.18 bits per heavy atom. The molecule has 2 rings (SSSR count). The molecule has 2 aromatic rings. The van der Waals surface area contributed by atoms with E-state index < -0.39 is 0 Å². The summed E-state index contributed by atoms with van der Waals surface area (Å²) >= 11 is 0. The number of rotatable bonds is 0. The third-order valence-electron chi connectivity index (χ3n) is 1.82. The second kappa shape index (κ2) is 2.05. The van der Waals surface area contributed by atoms with Crippen molar-refractivity contribution in [2.45, 2.75) is 13.8 Å². The molecule has 0 aliphatic rings. The molecular weight excluding hydrogens is 138 g/mol. The van der Waals surface area contributed by atoms with Gasteiger partial charge in [0, 0.05) is 6.20 Å². The molecule has 2 heterocycles. The van der Waals surface area contributed by atoms with Crippen LogP contribution < -0.4 is 0 Å². The molecule has 0 saturated heterocycles. The van der Waals surface area contributed by atoms with Gasteiger partial charge in [-0.25, -0.2) is 9.50 Å². The van der Waals surface area contributed by atoms with Gasteiger partial charge in [0.05, 0.1) is 11.2 Å². The molecular formula is C8H9N3. The van der Waals surface area contributed by atoms with Crippen LogP contribution in [0, 0.1) is 13.8 Å². The average molecular weight is 147 g/mol. The van der Waals surface area contributed by atoms with Gasteiger partial charge < -0.3 is 0 Å². The lowest BCUT2D eigenvalue weighted by molar-refractivity contribution is 0.920. The van der Waals surface area contributed by atoms with Crippen molar-refractivity contribution in [2.24, 2.45) is 0 Å². The molecule has 0 bridgehead atoms. The summed E-state index contributed by atoms with van der Waals surface area (Å²) in [4.78, 5) is 4.16. The van der Waals surface area contributed by atoms with Crippen LogP contribution in [0.15, 0.2) is 18.6 Å². The Kier molecular flexibility index (Phi) is 1.18. The zero-order valence-electron chi connectivity index (χ0n) is 6.57. The van der Waals surface area contributed by atoms with E-state index >= 15 is 0 Å². The molecule has 3 heteroatoms. The first-order chi connectivity index (χ1) is 5.29. The zero-order valence-corrected chi connectivity index (χ0v) is 6.57. The number of hydrogen-bond acceptors (Lipinski definition) is 2. The van der Waals surface area contributed by atoms with Crippen LogP contribution >= 0.6 is 0 Å². The molecule has 0 aromatic carbocycles. The number of aryl methyl sites for hydroxylation is 2. The van der Waals surface area contributed by atoms with Gasteiger partial charge in [-0.15, -0.1) is 0 Å². The number of imidazole rings is 1. The first kappa shape index (κ1) is 6.34. The fourth-order valence-corrected chi connectivity index (χ4v) is 1.28. The van der Waals surface area contributed by atoms with Gasteiger partial charge in [0.1, 0.15) is 6.33 Å². The Labute approximate surface area is 64.7 Å². The molecule has 2 aromatic heterocycles. The average Bonchev–Trinajstić information content (AvgIpc) is 2.34. The minimum atomic E-state index is 1.04. The Hall–Kier alpha value is -1.38. The highest BCUT2D eigenvalue weighted by molar-refractivity contribution is 5.56. The van der Waals surface area contributed by atoms with Crippen LogP contribution in [0.3, 0.4) is 0 Å². The van der Waals surface area contributed by atoms with Crippen molar-refractivity contribution < 1.29 is 0 Å². The van der Waals surface area contributed by atoms with Crippen molar-refractivity contribution >= 4 is 5.52 Å². The van der Waals surface area contributed by atoms with Crippen molar-refractivity contribution in [1.29, 1.82) is 0 Å². The standard InChI is InChI=1S/C8H9N3/c1-6-3-4-10-11-5-9-7(2)8(6)11/h3-5H,1-2H3. The van der Waals surface area contributed by atoms with E-state index in [1.54, 1.807) is 17.0 Å². The van der Waals surface area contributed by atoms with Gasteiger partial charge in [-0.3, -0.25) is 0 Å². The molecule has 0 amide bonds. The summed E-state index contributed by atoms with van der Waals surface area (Å²) < 4.78 is 1.80. The van der Waals surface area contributed by atoms with Gasteiger partial charge >= 0.3 is 0 Å². The largest absolute Gasteiger partial charge is 0.239 e. The molecule has 0 N–H and O–H groups in total. The lowest BCUT2D eigenvalue weighted by Gasteiger charge is -1.95. The molecule has 56 valence electrons. The molecule has 3 nitrogen and oxygen atoms in total. The molecule has 0 aliphatic heterocycles. The fourth-order valence-electron chi connectivity index (χ4n) is 1.28. The lowest BCUT2D eigenvalue weighted by atomic mass is 10.2. The molecule has 0 aliphatic carbocycles. The normalized spacial score (nSPS) is 10.7. The molecule has 0 saturated carbocycles. The van der Waals surface area contributed by atoms with Crippen LogP contribution in [0.25, 0.3) is 5.52 Å². The van der Waals surface area contributed by atoms with Crippen LogP contribution in [0.2, 0.25) is 0 Å². The third kappa shape index (κ3) is 0.808. The molecule has 0 spiro atoms. The predicted molar refractivity (Wildman–Crippen MR) is 42.5 cm³/mol. The van der Waals surface area contributed by atoms with E-state index in [0.29, 0.717) is 0 Å². The quantitative estimate of drug-likeness (QED) is 0.563. The van der Waals surface area contributed by atoms with E-state index in [4.69, 9.17) is 0 Å². The summed E-state index contributed by atoms with van der Waals surface area (Å²) in [6, 6.07) is 1.99. The Morgan fingerprint density at radius 1 is 1.36 bits per heavy atom. The van der Waals surface area contributed by atoms with E-state index in [-0.39, 0.29) is 0 Å². The van der Waals surface area contributed by atoms with Gasteiger partial charge in [0.25, 0.3) is 0 Å². The summed E-state index contributed by atoms with van der Waals surface area (Å²) in [6.45, 7) is 4.05. The Balaban J connectivity index is 2.96. The van der Waals surface area contributed by atoms with E-state index in [1.807, 2.05) is 13.0 Å². The minimum absolute atomic E-state index is 1.04. The third-order valence-corrected chi connectivity index (χ3v) is 1.82. The van der Waals surface area contributed by atoms with E-state index in [2.05, 4.69) is 17.0 Å². The van der Waals surface area contributed by atoms with Crippen molar-refractivity contribution in [3.63, 3.8) is 0 Å². The van der Waals surface area contributed by atoms with Crippen molar-refractivity contribution in [2.75, 3.05) is 0 Å². The maximum Gasteiger partial charge on any atom is 0.118 e. The second-order valence-electron chi connectivity index (χ2n) is 2.64. The van der Waals surface area contributed by atoms with Gasteiger partial charge in [-0.05, 0) is 25.5 Å². The van der Waals surface area contributed by atoms with Crippen LogP contribution in [0.4, 0.5) is 0 Å². The lowest BCUT2D eigenvalue weighted by Crippen LogP contribution is -1.90. The highest BCUT2D eigenvalue weighted by Crippen LogP contribution is 2.10. The Morgan fingerprint density at radius 3 is 2.91 bits per heavy atom. The van der Waals surface area contributed by atoms with Crippen molar-refractivity contribution in [3.8, 4) is 0 Å². The summed E-state index contributed by atoms with van der Waals surface area (Å²) in [5, 5.41) is 4.12.